The van der Waals surface area contributed by atoms with Crippen LogP contribution in [0.4, 0.5) is 0 Å². The molecule has 1 N–H and O–H groups in total. The van der Waals surface area contributed by atoms with Gasteiger partial charge in [-0.2, -0.15) is 5.10 Å². The normalized spacial score (nSPS) is 18.7. The molecule has 2 fully saturated rings. The molecule has 2 saturated carbocycles. The number of nitrogens with one attached hydrogen (secondary N) is 1. The van der Waals surface area contributed by atoms with E-state index in [0.717, 1.165) is 18.5 Å². The van der Waals surface area contributed by atoms with Crippen molar-refractivity contribution in [3.8, 4) is 5.69 Å². The van der Waals surface area contributed by atoms with Crippen molar-refractivity contribution in [1.29, 1.82) is 0 Å². The lowest BCUT2D eigenvalue weighted by Crippen LogP contribution is -2.15. The molecule has 0 bridgehead atoms. The van der Waals surface area contributed by atoms with Gasteiger partial charge in [0, 0.05) is 24.7 Å². The highest BCUT2D eigenvalue weighted by atomic mass is 15.3. The fraction of sp³-hybridized carbons (Fsp3) is 0.438. The average Bonchev–Trinajstić information content (AvgIpc) is 3.37. The number of benzene rings is 1. The van der Waals surface area contributed by atoms with Crippen LogP contribution in [-0.2, 0) is 6.54 Å². The third kappa shape index (κ3) is 2.56. The second kappa shape index (κ2) is 4.49. The molecule has 1 aromatic heterocycles. The fourth-order valence-electron chi connectivity index (χ4n) is 2.44. The van der Waals surface area contributed by atoms with E-state index in [1.165, 1.54) is 42.6 Å². The molecule has 0 atom stereocenters. The lowest BCUT2D eigenvalue weighted by atomic mass is 10.2. The molecule has 0 saturated heterocycles. The highest BCUT2D eigenvalue weighted by Gasteiger charge is 2.25. The summed E-state index contributed by atoms with van der Waals surface area (Å²) in [6.07, 6.45) is 7.37. The third-order valence-electron chi connectivity index (χ3n) is 3.95. The fourth-order valence-corrected chi connectivity index (χ4v) is 2.44. The summed E-state index contributed by atoms with van der Waals surface area (Å²) in [6, 6.07) is 11.6. The van der Waals surface area contributed by atoms with E-state index in [4.69, 9.17) is 0 Å². The second-order valence-corrected chi connectivity index (χ2v) is 5.78. The van der Waals surface area contributed by atoms with Crippen LogP contribution in [0.5, 0.6) is 0 Å². The maximum absolute atomic E-state index is 4.69. The highest BCUT2D eigenvalue weighted by Crippen LogP contribution is 2.39. The predicted octanol–water partition coefficient (Wildman–Crippen LogP) is 3.00. The zero-order valence-corrected chi connectivity index (χ0v) is 11.0. The van der Waals surface area contributed by atoms with E-state index < -0.39 is 0 Å². The Labute approximate surface area is 113 Å². The summed E-state index contributed by atoms with van der Waals surface area (Å²) in [6.45, 7) is 0.968. The summed E-state index contributed by atoms with van der Waals surface area (Å²) in [4.78, 5) is 0. The number of nitrogens with zero attached hydrogens (tertiary/aromatic N) is 2. The first-order valence-electron chi connectivity index (χ1n) is 7.27. The van der Waals surface area contributed by atoms with Gasteiger partial charge in [0.15, 0.2) is 0 Å². The summed E-state index contributed by atoms with van der Waals surface area (Å²) in [5.41, 5.74) is 3.76. The summed E-state index contributed by atoms with van der Waals surface area (Å²) >= 11 is 0. The van der Waals surface area contributed by atoms with Gasteiger partial charge in [-0.15, -0.1) is 0 Å². The van der Waals surface area contributed by atoms with Gasteiger partial charge in [-0.3, -0.25) is 0 Å². The first-order valence-corrected chi connectivity index (χ1v) is 7.27. The minimum Gasteiger partial charge on any atom is -0.310 e. The Morgan fingerprint density at radius 2 is 2.05 bits per heavy atom. The number of hydrogen-bond acceptors (Lipinski definition) is 2. The highest BCUT2D eigenvalue weighted by molar-refractivity contribution is 5.35. The monoisotopic (exact) mass is 253 g/mol. The van der Waals surface area contributed by atoms with Crippen LogP contribution >= 0.6 is 0 Å². The van der Waals surface area contributed by atoms with E-state index in [1.807, 2.05) is 4.68 Å². The molecule has 0 radical (unpaired) electrons. The van der Waals surface area contributed by atoms with Crippen LogP contribution in [-0.4, -0.2) is 15.8 Å². The quantitative estimate of drug-likeness (QED) is 0.887. The molecule has 1 aromatic carbocycles. The first kappa shape index (κ1) is 11.2. The molecule has 0 unspecified atom stereocenters. The van der Waals surface area contributed by atoms with Gasteiger partial charge in [-0.25, -0.2) is 4.68 Å². The maximum atomic E-state index is 4.69. The van der Waals surface area contributed by atoms with E-state index in [0.29, 0.717) is 0 Å². The van der Waals surface area contributed by atoms with Gasteiger partial charge in [-0.1, -0.05) is 12.1 Å². The minimum absolute atomic E-state index is 0.723. The molecule has 4 rings (SSSR count). The molecular formula is C16H19N3. The van der Waals surface area contributed by atoms with Crippen LogP contribution in [0.15, 0.2) is 36.5 Å². The van der Waals surface area contributed by atoms with Crippen molar-refractivity contribution in [3.05, 3.63) is 47.8 Å². The molecule has 2 aromatic rings. The van der Waals surface area contributed by atoms with E-state index in [9.17, 15) is 0 Å². The van der Waals surface area contributed by atoms with Gasteiger partial charge in [0.2, 0.25) is 0 Å². The molecule has 2 aliphatic rings. The smallest absolute Gasteiger partial charge is 0.0659 e. The van der Waals surface area contributed by atoms with Crippen molar-refractivity contribution >= 4 is 0 Å². The molecule has 98 valence electrons. The van der Waals surface area contributed by atoms with Crippen LogP contribution in [0.3, 0.4) is 0 Å². The Bertz CT molecular complexity index is 579. The average molecular weight is 253 g/mol. The topological polar surface area (TPSA) is 29.9 Å². The van der Waals surface area contributed by atoms with E-state index in [-0.39, 0.29) is 0 Å². The van der Waals surface area contributed by atoms with E-state index in [1.54, 1.807) is 0 Å². The van der Waals surface area contributed by atoms with Gasteiger partial charge < -0.3 is 5.32 Å². The Hall–Kier alpha value is -1.61. The van der Waals surface area contributed by atoms with Gasteiger partial charge >= 0.3 is 0 Å². The van der Waals surface area contributed by atoms with Crippen LogP contribution in [0.25, 0.3) is 5.69 Å². The Balaban J connectivity index is 1.53. The van der Waals surface area contributed by atoms with E-state index in [2.05, 4.69) is 46.9 Å². The summed E-state index contributed by atoms with van der Waals surface area (Å²) in [5, 5.41) is 8.24. The molecule has 0 aliphatic heterocycles. The molecule has 1 heterocycles. The summed E-state index contributed by atoms with van der Waals surface area (Å²) < 4.78 is 2.01. The van der Waals surface area contributed by atoms with Gasteiger partial charge in [0.1, 0.15) is 0 Å². The second-order valence-electron chi connectivity index (χ2n) is 5.78. The maximum Gasteiger partial charge on any atom is 0.0659 e. The van der Waals surface area contributed by atoms with Crippen LogP contribution in [0, 0.1) is 0 Å². The van der Waals surface area contributed by atoms with Crippen LogP contribution in [0.1, 0.15) is 42.9 Å². The number of rotatable bonds is 5. The summed E-state index contributed by atoms with van der Waals surface area (Å²) in [5.74, 6) is 0.723. The number of hydrogen-bond donors (Lipinski definition) is 1. The van der Waals surface area contributed by atoms with Crippen molar-refractivity contribution in [2.24, 2.45) is 0 Å². The van der Waals surface area contributed by atoms with Crippen molar-refractivity contribution in [3.63, 3.8) is 0 Å². The lowest BCUT2D eigenvalue weighted by molar-refractivity contribution is 0.687. The molecule has 3 nitrogen and oxygen atoms in total. The molecule has 19 heavy (non-hydrogen) atoms. The largest absolute Gasteiger partial charge is 0.310 e. The Morgan fingerprint density at radius 1 is 1.16 bits per heavy atom. The molecule has 2 aliphatic carbocycles. The Morgan fingerprint density at radius 3 is 2.84 bits per heavy atom. The Kier molecular flexibility index (Phi) is 2.66. The van der Waals surface area contributed by atoms with Crippen LogP contribution in [0.2, 0.25) is 0 Å². The molecule has 0 spiro atoms. The molecule has 3 heteroatoms. The third-order valence-corrected chi connectivity index (χ3v) is 3.95. The zero-order chi connectivity index (χ0) is 12.7. The van der Waals surface area contributed by atoms with Gasteiger partial charge in [0.25, 0.3) is 0 Å². The van der Waals surface area contributed by atoms with Gasteiger partial charge in [-0.05, 0) is 49.4 Å². The summed E-state index contributed by atoms with van der Waals surface area (Å²) in [7, 11) is 0. The standard InChI is InChI=1S/C16H19N3/c1-2-12(11-17-14-6-7-14)10-15(3-1)19-9-8-16(18-19)13-4-5-13/h1-3,8-10,13-14,17H,4-7,11H2. The molecule has 0 amide bonds. The SMILES string of the molecule is c1cc(CNC2CC2)cc(-n2ccc(C3CC3)n2)c1. The predicted molar refractivity (Wildman–Crippen MR) is 75.4 cm³/mol. The molecular weight excluding hydrogens is 234 g/mol. The zero-order valence-electron chi connectivity index (χ0n) is 11.0. The first-order chi connectivity index (χ1) is 9.38. The van der Waals surface area contributed by atoms with Crippen molar-refractivity contribution in [2.75, 3.05) is 0 Å². The van der Waals surface area contributed by atoms with Crippen molar-refractivity contribution < 1.29 is 0 Å². The lowest BCUT2D eigenvalue weighted by Gasteiger charge is -2.06. The minimum atomic E-state index is 0.723. The van der Waals surface area contributed by atoms with Crippen molar-refractivity contribution in [2.45, 2.75) is 44.2 Å². The van der Waals surface area contributed by atoms with Crippen molar-refractivity contribution in [1.82, 2.24) is 15.1 Å². The van der Waals surface area contributed by atoms with Gasteiger partial charge in [0.05, 0.1) is 11.4 Å². The van der Waals surface area contributed by atoms with Crippen LogP contribution < -0.4 is 5.32 Å². The van der Waals surface area contributed by atoms with E-state index >= 15 is 0 Å². The number of aromatic nitrogens is 2.